The Balaban J connectivity index is 1.43. The molecule has 1 aromatic heterocycles. The van der Waals surface area contributed by atoms with Crippen LogP contribution in [-0.2, 0) is 16.0 Å². The van der Waals surface area contributed by atoms with E-state index in [9.17, 15) is 14.7 Å². The number of aliphatic carboxylic acids is 1. The Hall–Kier alpha value is -3.12. The summed E-state index contributed by atoms with van der Waals surface area (Å²) in [7, 11) is 0. The van der Waals surface area contributed by atoms with E-state index < -0.39 is 18.1 Å². The van der Waals surface area contributed by atoms with Crippen molar-refractivity contribution in [3.05, 3.63) is 82.0 Å². The number of fused-ring (bicyclic) bond motifs is 3. The van der Waals surface area contributed by atoms with Gasteiger partial charge in [-0.1, -0.05) is 54.6 Å². The highest BCUT2D eigenvalue weighted by Crippen LogP contribution is 2.44. The van der Waals surface area contributed by atoms with Gasteiger partial charge in [-0.15, -0.1) is 11.3 Å². The van der Waals surface area contributed by atoms with E-state index >= 15 is 0 Å². The molecule has 29 heavy (non-hydrogen) atoms. The SMILES string of the molecule is O=C([O-])C[C@@H](Cc1cccs1)NC(=O)OCC1c2ccccc2-c2ccccc21. The Kier molecular flexibility index (Phi) is 5.62. The van der Waals surface area contributed by atoms with Crippen LogP contribution in [0.4, 0.5) is 4.79 Å². The van der Waals surface area contributed by atoms with Crippen LogP contribution in [0.2, 0.25) is 0 Å². The molecule has 0 aliphatic heterocycles. The number of carbonyl (C=O) groups is 2. The average Bonchev–Trinajstić information content (AvgIpc) is 3.32. The summed E-state index contributed by atoms with van der Waals surface area (Å²) in [5, 5.41) is 15.7. The van der Waals surface area contributed by atoms with Crippen LogP contribution < -0.4 is 10.4 Å². The monoisotopic (exact) mass is 406 g/mol. The van der Waals surface area contributed by atoms with Crippen LogP contribution >= 0.6 is 11.3 Å². The maximum atomic E-state index is 12.4. The topological polar surface area (TPSA) is 78.5 Å². The van der Waals surface area contributed by atoms with Gasteiger partial charge >= 0.3 is 6.09 Å². The van der Waals surface area contributed by atoms with Crippen LogP contribution in [-0.4, -0.2) is 24.7 Å². The third kappa shape index (κ3) is 4.32. The second kappa shape index (κ2) is 8.49. The number of benzene rings is 2. The fourth-order valence-electron chi connectivity index (χ4n) is 3.85. The Morgan fingerprint density at radius 3 is 2.24 bits per heavy atom. The molecule has 1 atom stereocenters. The number of ether oxygens (including phenoxy) is 1. The van der Waals surface area contributed by atoms with Crippen molar-refractivity contribution in [3.63, 3.8) is 0 Å². The average molecular weight is 406 g/mol. The number of hydrogen-bond acceptors (Lipinski definition) is 5. The molecular weight excluding hydrogens is 386 g/mol. The molecule has 1 heterocycles. The molecule has 0 radical (unpaired) electrons. The summed E-state index contributed by atoms with van der Waals surface area (Å²) in [6, 6.07) is 19.4. The Morgan fingerprint density at radius 2 is 1.66 bits per heavy atom. The maximum Gasteiger partial charge on any atom is 0.407 e. The van der Waals surface area contributed by atoms with Crippen molar-refractivity contribution in [1.82, 2.24) is 5.32 Å². The first-order valence-corrected chi connectivity index (χ1v) is 10.3. The molecular formula is C23H20NO4S-. The number of carboxylic acids is 1. The first-order valence-electron chi connectivity index (χ1n) is 9.45. The first-order chi connectivity index (χ1) is 14.1. The van der Waals surface area contributed by atoms with Crippen molar-refractivity contribution in [2.24, 2.45) is 0 Å². The van der Waals surface area contributed by atoms with Crippen LogP contribution in [0, 0.1) is 0 Å². The second-order valence-electron chi connectivity index (χ2n) is 7.03. The summed E-state index contributed by atoms with van der Waals surface area (Å²) < 4.78 is 5.51. The van der Waals surface area contributed by atoms with E-state index in [4.69, 9.17) is 4.74 Å². The smallest absolute Gasteiger partial charge is 0.407 e. The summed E-state index contributed by atoms with van der Waals surface area (Å²) in [6.07, 6.45) is -0.451. The van der Waals surface area contributed by atoms with Gasteiger partial charge in [0.05, 0.1) is 0 Å². The van der Waals surface area contributed by atoms with Gasteiger partial charge in [-0.25, -0.2) is 4.79 Å². The van der Waals surface area contributed by atoms with E-state index in [0.717, 1.165) is 27.1 Å². The highest BCUT2D eigenvalue weighted by Gasteiger charge is 2.29. The third-order valence-corrected chi connectivity index (χ3v) is 6.01. The first kappa shape index (κ1) is 19.2. The van der Waals surface area contributed by atoms with E-state index in [0.29, 0.717) is 6.42 Å². The fourth-order valence-corrected chi connectivity index (χ4v) is 4.64. The highest BCUT2D eigenvalue weighted by atomic mass is 32.1. The quantitative estimate of drug-likeness (QED) is 0.653. The van der Waals surface area contributed by atoms with Crippen molar-refractivity contribution >= 4 is 23.4 Å². The predicted octanol–water partition coefficient (Wildman–Crippen LogP) is 3.34. The van der Waals surface area contributed by atoms with Crippen molar-refractivity contribution < 1.29 is 19.4 Å². The molecule has 5 nitrogen and oxygen atoms in total. The molecule has 0 fully saturated rings. The minimum atomic E-state index is -1.20. The molecule has 0 saturated carbocycles. The van der Waals surface area contributed by atoms with Crippen LogP contribution in [0.5, 0.6) is 0 Å². The second-order valence-corrected chi connectivity index (χ2v) is 8.06. The van der Waals surface area contributed by atoms with Gasteiger partial charge < -0.3 is 20.0 Å². The lowest BCUT2D eigenvalue weighted by atomic mass is 9.98. The Bertz CT molecular complexity index is 970. The van der Waals surface area contributed by atoms with E-state index in [2.05, 4.69) is 29.6 Å². The van der Waals surface area contributed by atoms with Gasteiger partial charge in [-0.3, -0.25) is 0 Å². The standard InChI is InChI=1S/C23H21NO4S/c25-22(26)13-15(12-16-6-5-11-29-16)24-23(27)28-14-21-19-9-3-1-7-17(19)18-8-2-4-10-20(18)21/h1-11,15,21H,12-14H2,(H,24,27)(H,25,26)/p-1/t15-/m1/s1. The van der Waals surface area contributed by atoms with E-state index in [1.165, 1.54) is 11.3 Å². The van der Waals surface area contributed by atoms with Crippen LogP contribution in [0.3, 0.4) is 0 Å². The van der Waals surface area contributed by atoms with Gasteiger partial charge in [0.2, 0.25) is 0 Å². The molecule has 2 aromatic carbocycles. The largest absolute Gasteiger partial charge is 0.550 e. The zero-order valence-electron chi connectivity index (χ0n) is 15.7. The molecule has 1 N–H and O–H groups in total. The number of amides is 1. The summed E-state index contributed by atoms with van der Waals surface area (Å²) in [6.45, 7) is 0.191. The summed E-state index contributed by atoms with van der Waals surface area (Å²) in [5.74, 6) is -1.24. The molecule has 6 heteroatoms. The summed E-state index contributed by atoms with van der Waals surface area (Å²) >= 11 is 1.52. The van der Waals surface area contributed by atoms with Gasteiger partial charge in [0.25, 0.3) is 0 Å². The molecule has 1 aliphatic rings. The number of thiophene rings is 1. The number of carbonyl (C=O) groups excluding carboxylic acids is 2. The lowest BCUT2D eigenvalue weighted by Gasteiger charge is -2.20. The Labute approximate surface area is 173 Å². The van der Waals surface area contributed by atoms with Gasteiger partial charge in [-0.2, -0.15) is 0 Å². The lowest BCUT2D eigenvalue weighted by molar-refractivity contribution is -0.306. The van der Waals surface area contributed by atoms with Gasteiger partial charge in [0.15, 0.2) is 0 Å². The normalized spacial score (nSPS) is 13.4. The zero-order valence-corrected chi connectivity index (χ0v) is 16.5. The minimum absolute atomic E-state index is 0.0370. The number of rotatable bonds is 7. The van der Waals surface area contributed by atoms with Crippen LogP contribution in [0.25, 0.3) is 11.1 Å². The summed E-state index contributed by atoms with van der Waals surface area (Å²) in [5.41, 5.74) is 4.58. The zero-order chi connectivity index (χ0) is 20.2. The molecule has 4 rings (SSSR count). The molecule has 3 aromatic rings. The van der Waals surface area contributed by atoms with Gasteiger partial charge in [-0.05, 0) is 33.7 Å². The van der Waals surface area contributed by atoms with E-state index in [1.807, 2.05) is 41.8 Å². The number of alkyl carbamates (subject to hydrolysis) is 1. The van der Waals surface area contributed by atoms with Crippen molar-refractivity contribution in [3.8, 4) is 11.1 Å². The molecule has 0 spiro atoms. The Morgan fingerprint density at radius 1 is 1.00 bits per heavy atom. The summed E-state index contributed by atoms with van der Waals surface area (Å²) in [4.78, 5) is 24.5. The molecule has 0 saturated heterocycles. The fraction of sp³-hybridized carbons (Fsp3) is 0.217. The highest BCUT2D eigenvalue weighted by molar-refractivity contribution is 7.09. The molecule has 0 unspecified atom stereocenters. The van der Waals surface area contributed by atoms with Gasteiger partial charge in [0, 0.05) is 35.6 Å². The lowest BCUT2D eigenvalue weighted by Crippen LogP contribution is -2.41. The third-order valence-electron chi connectivity index (χ3n) is 5.11. The molecule has 1 amide bonds. The number of hydrogen-bond donors (Lipinski definition) is 1. The minimum Gasteiger partial charge on any atom is -0.550 e. The number of nitrogens with one attached hydrogen (secondary N) is 1. The van der Waals surface area contributed by atoms with E-state index in [-0.39, 0.29) is 18.9 Å². The molecule has 0 bridgehead atoms. The van der Waals surface area contributed by atoms with Crippen molar-refractivity contribution in [1.29, 1.82) is 0 Å². The van der Waals surface area contributed by atoms with E-state index in [1.54, 1.807) is 0 Å². The van der Waals surface area contributed by atoms with Crippen LogP contribution in [0.1, 0.15) is 28.3 Å². The maximum absolute atomic E-state index is 12.4. The number of carboxylic acid groups (broad SMARTS) is 1. The molecule has 148 valence electrons. The van der Waals surface area contributed by atoms with Gasteiger partial charge in [0.1, 0.15) is 6.61 Å². The predicted molar refractivity (Wildman–Crippen MR) is 110 cm³/mol. The van der Waals surface area contributed by atoms with Crippen molar-refractivity contribution in [2.45, 2.75) is 24.8 Å². The van der Waals surface area contributed by atoms with Crippen molar-refractivity contribution in [2.75, 3.05) is 6.61 Å². The molecule has 1 aliphatic carbocycles. The van der Waals surface area contributed by atoms with Crippen LogP contribution in [0.15, 0.2) is 66.0 Å².